The standard InChI is InChI=1S/C39H29NO/c1-3-10-29(11-4-1)30-17-22-35(23-18-30)40(38-16-9-14-32-12-6-7-15-37(32)38)36-24-19-31(20-25-36)33-21-26-39-34(28-33)13-5-2-8-27-41-39/h1-12,14-28H,13H2/b5-2-,27-8-. The minimum atomic E-state index is 0.847. The molecule has 41 heavy (non-hydrogen) atoms. The molecule has 2 nitrogen and oxygen atoms in total. The Kier molecular flexibility index (Phi) is 6.64. The Labute approximate surface area is 241 Å². The first-order chi connectivity index (χ1) is 20.3. The van der Waals surface area contributed by atoms with Crippen LogP contribution in [0.3, 0.4) is 0 Å². The van der Waals surface area contributed by atoms with Crippen molar-refractivity contribution in [3.05, 3.63) is 170 Å². The van der Waals surface area contributed by atoms with Crippen LogP contribution in [0.5, 0.6) is 5.75 Å². The fourth-order valence-electron chi connectivity index (χ4n) is 5.53. The number of benzene rings is 6. The molecule has 0 saturated heterocycles. The lowest BCUT2D eigenvalue weighted by molar-refractivity contribution is 0.475. The molecule has 0 aliphatic carbocycles. The number of rotatable bonds is 5. The van der Waals surface area contributed by atoms with Crippen molar-refractivity contribution in [2.24, 2.45) is 0 Å². The number of allylic oxidation sites excluding steroid dienone is 3. The molecule has 2 heteroatoms. The summed E-state index contributed by atoms with van der Waals surface area (Å²) in [6, 6.07) is 49.8. The maximum atomic E-state index is 5.80. The molecule has 0 unspecified atom stereocenters. The molecule has 6 aromatic carbocycles. The summed E-state index contributed by atoms with van der Waals surface area (Å²) in [5.74, 6) is 0.909. The zero-order valence-corrected chi connectivity index (χ0v) is 22.7. The Morgan fingerprint density at radius 2 is 1.15 bits per heavy atom. The minimum Gasteiger partial charge on any atom is -0.465 e. The topological polar surface area (TPSA) is 12.5 Å². The summed E-state index contributed by atoms with van der Waals surface area (Å²) in [5, 5.41) is 2.44. The third kappa shape index (κ3) is 5.04. The molecule has 0 bridgehead atoms. The number of fused-ring (bicyclic) bond motifs is 2. The Bertz CT molecular complexity index is 1860. The van der Waals surface area contributed by atoms with Crippen molar-refractivity contribution in [2.75, 3.05) is 4.90 Å². The highest BCUT2D eigenvalue weighted by atomic mass is 16.5. The van der Waals surface area contributed by atoms with Gasteiger partial charge in [0.25, 0.3) is 0 Å². The van der Waals surface area contributed by atoms with E-state index in [1.54, 1.807) is 6.26 Å². The molecule has 7 rings (SSSR count). The average molecular weight is 528 g/mol. The summed E-state index contributed by atoms with van der Waals surface area (Å²) in [4.78, 5) is 2.35. The van der Waals surface area contributed by atoms with E-state index in [0.29, 0.717) is 0 Å². The Morgan fingerprint density at radius 3 is 1.93 bits per heavy atom. The van der Waals surface area contributed by atoms with Gasteiger partial charge in [0, 0.05) is 16.8 Å². The molecular weight excluding hydrogens is 498 g/mol. The van der Waals surface area contributed by atoms with Gasteiger partial charge < -0.3 is 9.64 Å². The highest BCUT2D eigenvalue weighted by Crippen LogP contribution is 2.40. The predicted octanol–water partition coefficient (Wildman–Crippen LogP) is 10.6. The van der Waals surface area contributed by atoms with E-state index >= 15 is 0 Å². The zero-order valence-electron chi connectivity index (χ0n) is 22.7. The van der Waals surface area contributed by atoms with E-state index in [1.807, 2.05) is 12.2 Å². The summed E-state index contributed by atoms with van der Waals surface area (Å²) in [7, 11) is 0. The van der Waals surface area contributed by atoms with Crippen LogP contribution in [0.2, 0.25) is 0 Å². The Morgan fingerprint density at radius 1 is 0.512 bits per heavy atom. The normalized spacial score (nSPS) is 13.9. The summed E-state index contributed by atoms with van der Waals surface area (Å²) < 4.78 is 5.80. The summed E-state index contributed by atoms with van der Waals surface area (Å²) in [5.41, 5.74) is 9.34. The minimum absolute atomic E-state index is 0.847. The van der Waals surface area contributed by atoms with Gasteiger partial charge in [-0.05, 0) is 88.2 Å². The van der Waals surface area contributed by atoms with Crippen molar-refractivity contribution < 1.29 is 4.74 Å². The van der Waals surface area contributed by atoms with Crippen LogP contribution in [0, 0.1) is 0 Å². The lowest BCUT2D eigenvalue weighted by Crippen LogP contribution is -2.10. The highest BCUT2D eigenvalue weighted by Gasteiger charge is 2.16. The summed E-state index contributed by atoms with van der Waals surface area (Å²) in [6.45, 7) is 0. The molecule has 1 aliphatic rings. The SMILES string of the molecule is C1=C\Cc2cc(-c3ccc(N(c4ccc(-c5ccccc5)cc4)c4cccc5ccccc45)cc3)ccc2O\C=C/1. The van der Waals surface area contributed by atoms with E-state index in [2.05, 4.69) is 151 Å². The number of nitrogens with zero attached hydrogens (tertiary/aromatic N) is 1. The van der Waals surface area contributed by atoms with Gasteiger partial charge in [0.2, 0.25) is 0 Å². The van der Waals surface area contributed by atoms with Crippen LogP contribution in [0.25, 0.3) is 33.0 Å². The molecule has 1 heterocycles. The largest absolute Gasteiger partial charge is 0.465 e. The third-order valence-electron chi connectivity index (χ3n) is 7.62. The maximum absolute atomic E-state index is 5.80. The van der Waals surface area contributed by atoms with Crippen molar-refractivity contribution in [1.82, 2.24) is 0 Å². The first-order valence-electron chi connectivity index (χ1n) is 14.0. The van der Waals surface area contributed by atoms with Crippen molar-refractivity contribution >= 4 is 27.8 Å². The molecule has 0 radical (unpaired) electrons. The van der Waals surface area contributed by atoms with Gasteiger partial charge in [-0.3, -0.25) is 0 Å². The highest BCUT2D eigenvalue weighted by molar-refractivity contribution is 5.99. The molecule has 0 fully saturated rings. The van der Waals surface area contributed by atoms with Crippen LogP contribution in [-0.4, -0.2) is 0 Å². The molecular formula is C39H29NO. The third-order valence-corrected chi connectivity index (χ3v) is 7.62. The molecule has 0 saturated carbocycles. The number of ether oxygens (including phenoxy) is 1. The molecule has 0 aromatic heterocycles. The second-order valence-electron chi connectivity index (χ2n) is 10.2. The van der Waals surface area contributed by atoms with Gasteiger partial charge in [-0.2, -0.15) is 0 Å². The zero-order chi connectivity index (χ0) is 27.4. The number of anilines is 3. The first kappa shape index (κ1) is 24.7. The lowest BCUT2D eigenvalue weighted by Gasteiger charge is -2.27. The van der Waals surface area contributed by atoms with Gasteiger partial charge in [-0.1, -0.05) is 109 Å². The van der Waals surface area contributed by atoms with Crippen LogP contribution >= 0.6 is 0 Å². The van der Waals surface area contributed by atoms with Crippen LogP contribution in [-0.2, 0) is 6.42 Å². The maximum Gasteiger partial charge on any atom is 0.130 e. The Balaban J connectivity index is 1.29. The van der Waals surface area contributed by atoms with Crippen LogP contribution in [0.15, 0.2) is 164 Å². The van der Waals surface area contributed by atoms with Gasteiger partial charge in [-0.15, -0.1) is 0 Å². The summed E-state index contributed by atoms with van der Waals surface area (Å²) in [6.07, 6.45) is 8.69. The van der Waals surface area contributed by atoms with Gasteiger partial charge in [0.05, 0.1) is 11.9 Å². The van der Waals surface area contributed by atoms with Crippen LogP contribution in [0.4, 0.5) is 17.1 Å². The van der Waals surface area contributed by atoms with E-state index in [-0.39, 0.29) is 0 Å². The van der Waals surface area contributed by atoms with E-state index in [1.165, 1.54) is 38.6 Å². The second kappa shape index (κ2) is 11.0. The van der Waals surface area contributed by atoms with E-state index < -0.39 is 0 Å². The molecule has 0 atom stereocenters. The van der Waals surface area contributed by atoms with E-state index in [9.17, 15) is 0 Å². The summed E-state index contributed by atoms with van der Waals surface area (Å²) >= 11 is 0. The lowest BCUT2D eigenvalue weighted by atomic mass is 9.99. The van der Waals surface area contributed by atoms with Crippen LogP contribution in [0.1, 0.15) is 5.56 Å². The quantitative estimate of drug-likeness (QED) is 0.221. The van der Waals surface area contributed by atoms with Crippen LogP contribution < -0.4 is 9.64 Å². The predicted molar refractivity (Wildman–Crippen MR) is 172 cm³/mol. The molecule has 0 N–H and O–H groups in total. The van der Waals surface area contributed by atoms with Gasteiger partial charge in [-0.25, -0.2) is 0 Å². The van der Waals surface area contributed by atoms with Crippen molar-refractivity contribution in [2.45, 2.75) is 6.42 Å². The molecule has 1 aliphatic heterocycles. The van der Waals surface area contributed by atoms with Crippen molar-refractivity contribution in [3.8, 4) is 28.0 Å². The van der Waals surface area contributed by atoms with E-state index in [0.717, 1.165) is 29.2 Å². The molecule has 196 valence electrons. The average Bonchev–Trinajstić information content (AvgIpc) is 3.03. The first-order valence-corrected chi connectivity index (χ1v) is 14.0. The smallest absolute Gasteiger partial charge is 0.130 e. The monoisotopic (exact) mass is 527 g/mol. The molecule has 0 amide bonds. The van der Waals surface area contributed by atoms with Gasteiger partial charge in [0.15, 0.2) is 0 Å². The second-order valence-corrected chi connectivity index (χ2v) is 10.2. The molecule has 0 spiro atoms. The van der Waals surface area contributed by atoms with Gasteiger partial charge >= 0.3 is 0 Å². The Hall–Kier alpha value is -5.34. The van der Waals surface area contributed by atoms with E-state index in [4.69, 9.17) is 4.74 Å². The molecule has 6 aromatic rings. The van der Waals surface area contributed by atoms with Crippen molar-refractivity contribution in [1.29, 1.82) is 0 Å². The van der Waals surface area contributed by atoms with Crippen molar-refractivity contribution in [3.63, 3.8) is 0 Å². The fourth-order valence-corrected chi connectivity index (χ4v) is 5.53. The number of hydrogen-bond acceptors (Lipinski definition) is 2. The van der Waals surface area contributed by atoms with Gasteiger partial charge in [0.1, 0.15) is 5.75 Å². The number of hydrogen-bond donors (Lipinski definition) is 0. The fraction of sp³-hybridized carbons (Fsp3) is 0.0256.